The van der Waals surface area contributed by atoms with Crippen molar-refractivity contribution in [2.75, 3.05) is 7.11 Å². The topological polar surface area (TPSA) is 46.5 Å². The highest BCUT2D eigenvalue weighted by molar-refractivity contribution is 6.47. The fourth-order valence-corrected chi connectivity index (χ4v) is 0.927. The summed E-state index contributed by atoms with van der Waals surface area (Å²) in [6, 6.07) is 4.80. The van der Waals surface area contributed by atoms with Crippen molar-refractivity contribution in [2.24, 2.45) is 0 Å². The van der Waals surface area contributed by atoms with Crippen LogP contribution in [0.25, 0.3) is 0 Å². The van der Waals surface area contributed by atoms with Gasteiger partial charge in [-0.15, -0.1) is 0 Å². The molecule has 1 N–H and O–H groups in total. The molecule has 61 valence electrons. The van der Waals surface area contributed by atoms with Crippen molar-refractivity contribution in [3.05, 3.63) is 23.8 Å². The quantitative estimate of drug-likeness (QED) is 0.493. The lowest BCUT2D eigenvalue weighted by atomic mass is 9.86. The minimum absolute atomic E-state index is 0.502. The van der Waals surface area contributed by atoms with Crippen LogP contribution in [0.4, 0.5) is 0 Å². The molecule has 0 heterocycles. The Morgan fingerprint density at radius 3 is 2.83 bits per heavy atom. The average Bonchev–Trinajstić information content (AvgIpc) is 2.16. The number of carbonyl (C=O) groups is 1. The molecule has 1 aromatic carbocycles. The van der Waals surface area contributed by atoms with Gasteiger partial charge >= 0.3 is 7.48 Å². The van der Waals surface area contributed by atoms with Crippen molar-refractivity contribution in [3.63, 3.8) is 0 Å². The summed E-state index contributed by atoms with van der Waals surface area (Å²) in [6.07, 6.45) is 0.715. The highest BCUT2D eigenvalue weighted by Crippen LogP contribution is 2.06. The number of aldehydes is 1. The Labute approximate surface area is 71.3 Å². The predicted molar refractivity (Wildman–Crippen MR) is 46.0 cm³/mol. The molecule has 4 heteroatoms. The third kappa shape index (κ3) is 1.65. The molecule has 0 aliphatic carbocycles. The summed E-state index contributed by atoms with van der Waals surface area (Å²) < 4.78 is 4.93. The van der Waals surface area contributed by atoms with Gasteiger partial charge in [0.25, 0.3) is 0 Å². The van der Waals surface area contributed by atoms with Crippen molar-refractivity contribution in [1.29, 1.82) is 0 Å². The minimum atomic E-state index is 0.502. The molecule has 0 fully saturated rings. The summed E-state index contributed by atoms with van der Waals surface area (Å²) in [4.78, 5) is 10.3. The van der Waals surface area contributed by atoms with Crippen molar-refractivity contribution in [2.45, 2.75) is 0 Å². The van der Waals surface area contributed by atoms with Gasteiger partial charge in [0.1, 0.15) is 12.0 Å². The van der Waals surface area contributed by atoms with Crippen molar-refractivity contribution in [1.82, 2.24) is 0 Å². The van der Waals surface area contributed by atoms with Gasteiger partial charge in [0.15, 0.2) is 0 Å². The van der Waals surface area contributed by atoms with E-state index in [1.54, 1.807) is 18.2 Å². The van der Waals surface area contributed by atoms with Gasteiger partial charge in [-0.3, -0.25) is 4.79 Å². The molecule has 0 aromatic heterocycles. The first-order valence-corrected chi connectivity index (χ1v) is 3.42. The number of rotatable bonds is 3. The van der Waals surface area contributed by atoms with Gasteiger partial charge in [-0.2, -0.15) is 0 Å². The van der Waals surface area contributed by atoms with Gasteiger partial charge < -0.3 is 9.76 Å². The fourth-order valence-electron chi connectivity index (χ4n) is 0.927. The number of benzene rings is 1. The fraction of sp³-hybridized carbons (Fsp3) is 0.125. The number of hydrogen-bond donors (Lipinski definition) is 1. The Hall–Kier alpha value is -1.29. The van der Waals surface area contributed by atoms with Crippen LogP contribution in [0.2, 0.25) is 0 Å². The molecule has 1 radical (unpaired) electrons. The van der Waals surface area contributed by atoms with Crippen LogP contribution in [0.3, 0.4) is 0 Å². The molecule has 0 aliphatic rings. The van der Waals surface area contributed by atoms with E-state index in [1.807, 2.05) is 0 Å². The summed E-state index contributed by atoms with van der Waals surface area (Å²) in [7, 11) is 2.41. The summed E-state index contributed by atoms with van der Waals surface area (Å²) in [6.45, 7) is 0. The molecular weight excluding hydrogens is 155 g/mol. The van der Waals surface area contributed by atoms with Crippen molar-refractivity contribution < 1.29 is 14.6 Å². The smallest absolute Gasteiger partial charge is 0.330 e. The Kier molecular flexibility index (Phi) is 2.88. The monoisotopic (exact) mass is 163 g/mol. The highest BCUT2D eigenvalue weighted by atomic mass is 16.5. The number of ether oxygens (including phenoxy) is 1. The van der Waals surface area contributed by atoms with E-state index in [0.29, 0.717) is 23.1 Å². The van der Waals surface area contributed by atoms with Crippen LogP contribution in [-0.4, -0.2) is 25.9 Å². The zero-order valence-corrected chi connectivity index (χ0v) is 6.65. The van der Waals surface area contributed by atoms with E-state index in [4.69, 9.17) is 9.76 Å². The van der Waals surface area contributed by atoms with Gasteiger partial charge in [-0.05, 0) is 17.6 Å². The normalized spacial score (nSPS) is 9.17. The zero-order chi connectivity index (χ0) is 8.97. The predicted octanol–water partition coefficient (Wildman–Crippen LogP) is -0.256. The first-order valence-electron chi connectivity index (χ1n) is 3.42. The molecule has 0 unspecified atom stereocenters. The molecule has 0 spiro atoms. The molecule has 12 heavy (non-hydrogen) atoms. The Morgan fingerprint density at radius 1 is 1.58 bits per heavy atom. The van der Waals surface area contributed by atoms with Crippen LogP contribution >= 0.6 is 0 Å². The second-order valence-electron chi connectivity index (χ2n) is 2.25. The molecule has 3 nitrogen and oxygen atoms in total. The lowest BCUT2D eigenvalue weighted by Gasteiger charge is -2.04. The SMILES string of the molecule is COc1ccc(C=O)cc1[B]O. The maximum Gasteiger partial charge on any atom is 0.330 e. The van der Waals surface area contributed by atoms with Crippen LogP contribution in [0.5, 0.6) is 5.75 Å². The number of carbonyl (C=O) groups excluding carboxylic acids is 1. The minimum Gasteiger partial charge on any atom is -0.497 e. The summed E-state index contributed by atoms with van der Waals surface area (Å²) in [5.41, 5.74) is 1.01. The van der Waals surface area contributed by atoms with Crippen molar-refractivity contribution >= 4 is 19.2 Å². The molecule has 0 amide bonds. The average molecular weight is 163 g/mol. The number of hydrogen-bond acceptors (Lipinski definition) is 3. The van der Waals surface area contributed by atoms with Gasteiger partial charge in [-0.1, -0.05) is 6.07 Å². The first-order chi connectivity index (χ1) is 5.81. The third-order valence-electron chi connectivity index (χ3n) is 1.53. The van der Waals surface area contributed by atoms with Crippen LogP contribution < -0.4 is 10.2 Å². The maximum absolute atomic E-state index is 10.3. The van der Waals surface area contributed by atoms with Crippen LogP contribution in [0.15, 0.2) is 18.2 Å². The maximum atomic E-state index is 10.3. The van der Waals surface area contributed by atoms with Crippen LogP contribution in [-0.2, 0) is 0 Å². The Morgan fingerprint density at radius 2 is 2.33 bits per heavy atom. The van der Waals surface area contributed by atoms with E-state index < -0.39 is 0 Å². The van der Waals surface area contributed by atoms with Gasteiger partial charge in [0.2, 0.25) is 0 Å². The van der Waals surface area contributed by atoms with Gasteiger partial charge in [0.05, 0.1) is 7.11 Å². The molecule has 0 saturated heterocycles. The summed E-state index contributed by atoms with van der Waals surface area (Å²) in [5, 5.41) is 8.75. The van der Waals surface area contributed by atoms with E-state index in [-0.39, 0.29) is 0 Å². The molecule has 0 bridgehead atoms. The number of methoxy groups -OCH3 is 1. The van der Waals surface area contributed by atoms with E-state index in [9.17, 15) is 4.79 Å². The molecule has 1 rings (SSSR count). The highest BCUT2D eigenvalue weighted by Gasteiger charge is 2.03. The Balaban J connectivity index is 3.10. The van der Waals surface area contributed by atoms with E-state index >= 15 is 0 Å². The largest absolute Gasteiger partial charge is 0.497 e. The third-order valence-corrected chi connectivity index (χ3v) is 1.53. The van der Waals surface area contributed by atoms with Crippen LogP contribution in [0, 0.1) is 0 Å². The standard InChI is InChI=1S/C8H8BO3/c1-12-8-3-2-6(5-10)4-7(8)9-11/h2-5,11H,1H3. The molecule has 0 aliphatic heterocycles. The van der Waals surface area contributed by atoms with E-state index in [0.717, 1.165) is 7.48 Å². The van der Waals surface area contributed by atoms with Crippen molar-refractivity contribution in [3.8, 4) is 5.75 Å². The summed E-state index contributed by atoms with van der Waals surface area (Å²) in [5.74, 6) is 0.545. The molecule has 0 saturated carbocycles. The molecule has 1 aromatic rings. The van der Waals surface area contributed by atoms with E-state index in [2.05, 4.69) is 0 Å². The Bertz CT molecular complexity index is 286. The first kappa shape index (κ1) is 8.81. The summed E-state index contributed by atoms with van der Waals surface area (Å²) >= 11 is 0. The second-order valence-corrected chi connectivity index (χ2v) is 2.25. The second kappa shape index (κ2) is 3.92. The lowest BCUT2D eigenvalue weighted by Crippen LogP contribution is -2.16. The van der Waals surface area contributed by atoms with Crippen LogP contribution in [0.1, 0.15) is 10.4 Å². The zero-order valence-electron chi connectivity index (χ0n) is 6.65. The lowest BCUT2D eigenvalue weighted by molar-refractivity contribution is 0.112. The van der Waals surface area contributed by atoms with Gasteiger partial charge in [0, 0.05) is 5.56 Å². The molecule has 0 atom stereocenters. The molecular formula is C8H8BO3. The van der Waals surface area contributed by atoms with E-state index in [1.165, 1.54) is 7.11 Å². The van der Waals surface area contributed by atoms with Gasteiger partial charge in [-0.25, -0.2) is 0 Å².